The number of benzene rings is 1. The number of methoxy groups -OCH3 is 1. The number of piperidine rings is 1. The third kappa shape index (κ3) is 9.88. The molecule has 4 aliphatic rings. The van der Waals surface area contributed by atoms with Crippen molar-refractivity contribution in [2.45, 2.75) is 81.3 Å². The number of nitrogens with zero attached hydrogens (tertiary/aromatic N) is 9. The van der Waals surface area contributed by atoms with Crippen LogP contribution in [0, 0.1) is 17.8 Å². The Morgan fingerprint density at radius 2 is 1.95 bits per heavy atom. The van der Waals surface area contributed by atoms with Gasteiger partial charge in [-0.05, 0) is 62.7 Å². The zero-order valence-corrected chi connectivity index (χ0v) is 38.4. The molecule has 7 heterocycles. The number of nitrogens with one attached hydrogen (secondary N) is 2. The summed E-state index contributed by atoms with van der Waals surface area (Å²) in [6, 6.07) is 7.35. The fraction of sp³-hybridized carbons (Fsp3) is 0.533. The molecule has 1 unspecified atom stereocenters. The normalized spacial score (nSPS) is 24.7. The number of carbonyl (C=O) groups excluding carboxylic acids is 3. The van der Waals surface area contributed by atoms with E-state index < -0.39 is 45.4 Å². The van der Waals surface area contributed by atoms with Crippen molar-refractivity contribution in [1.29, 1.82) is 0 Å². The molecule has 9 rings (SSSR count). The Kier molecular flexibility index (Phi) is 13.8. The van der Waals surface area contributed by atoms with E-state index in [0.29, 0.717) is 68.8 Å². The fourth-order valence-corrected chi connectivity index (χ4v) is 11.6. The number of imide groups is 1. The van der Waals surface area contributed by atoms with Crippen molar-refractivity contribution >= 4 is 55.3 Å². The van der Waals surface area contributed by atoms with Crippen LogP contribution in [0.5, 0.6) is 0 Å². The van der Waals surface area contributed by atoms with E-state index in [4.69, 9.17) is 19.2 Å². The van der Waals surface area contributed by atoms with Gasteiger partial charge in [0.05, 0.1) is 75.6 Å². The zero-order valence-electron chi connectivity index (χ0n) is 37.0. The summed E-state index contributed by atoms with van der Waals surface area (Å²) in [5.41, 5.74) is 2.03. The summed E-state index contributed by atoms with van der Waals surface area (Å²) in [6.07, 6.45) is 6.23. The number of hydrogen-bond donors (Lipinski definition) is 2. The van der Waals surface area contributed by atoms with Crippen LogP contribution in [-0.2, 0) is 30.8 Å². The summed E-state index contributed by atoms with van der Waals surface area (Å²) in [5.74, 6) is 4.52. The molecule has 4 atom stereocenters. The Bertz CT molecular complexity index is 2640. The second-order valence-electron chi connectivity index (χ2n) is 17.6. The van der Waals surface area contributed by atoms with E-state index in [1.807, 2.05) is 29.2 Å². The lowest BCUT2D eigenvalue weighted by atomic mass is 9.86. The molecule has 5 aromatic rings. The minimum Gasteiger partial charge on any atom is -0.382 e. The van der Waals surface area contributed by atoms with Gasteiger partial charge in [0.1, 0.15) is 23.8 Å². The quantitative estimate of drug-likeness (QED) is 0.106. The van der Waals surface area contributed by atoms with E-state index in [9.17, 15) is 23.2 Å². The second kappa shape index (κ2) is 20.1. The van der Waals surface area contributed by atoms with E-state index in [0.717, 1.165) is 54.9 Å². The molecule has 17 nitrogen and oxygen atoms in total. The molecule has 1 aliphatic carbocycles. The number of aromatic nitrogens is 7. The molecule has 3 amide bonds. The number of halogens is 3. The van der Waals surface area contributed by atoms with Crippen LogP contribution in [0.2, 0.25) is 0 Å². The minimum absolute atomic E-state index is 0.0485. The average molecular weight is 930 g/mol. The molecule has 4 fully saturated rings. The molecule has 4 aromatic heterocycles. The molecule has 21 heteroatoms. The molecule has 350 valence electrons. The van der Waals surface area contributed by atoms with E-state index >= 15 is 4.39 Å². The van der Waals surface area contributed by atoms with Gasteiger partial charge in [-0.2, -0.15) is 15.3 Å². The van der Waals surface area contributed by atoms with Crippen LogP contribution in [0.3, 0.4) is 0 Å². The SMILES string of the molecule is COC[C@H]1CN(c2ccn3ncc(C(=O)Nc4cn([C@H]5CC[C@H](CN6CC[C@@H](OCC#Cc7cccc8c(C9CCC(=O)NC9=O)nn(C)c78)[C@@H](F)[SiH2]C6)CC5)nc4C(F)F)c3n2)CCO1. The monoisotopic (exact) mass is 929 g/mol. The number of fused-ring (bicyclic) bond motifs is 2. The van der Waals surface area contributed by atoms with E-state index in [1.54, 1.807) is 29.7 Å². The van der Waals surface area contributed by atoms with Crippen LogP contribution in [-0.4, -0.2) is 144 Å². The number of hydrogen-bond acceptors (Lipinski definition) is 12. The number of amides is 3. The van der Waals surface area contributed by atoms with Gasteiger partial charge in [0, 0.05) is 64.5 Å². The van der Waals surface area contributed by atoms with Crippen molar-refractivity contribution in [2.24, 2.45) is 13.0 Å². The molecular weight excluding hydrogens is 876 g/mol. The highest BCUT2D eigenvalue weighted by Crippen LogP contribution is 2.36. The van der Waals surface area contributed by atoms with Crippen LogP contribution in [0.4, 0.5) is 24.7 Å². The van der Waals surface area contributed by atoms with Crippen LogP contribution in [0.15, 0.2) is 42.9 Å². The topological polar surface area (TPSA) is 175 Å². The summed E-state index contributed by atoms with van der Waals surface area (Å²) in [7, 11) is 2.31. The smallest absolute Gasteiger partial charge is 0.284 e. The highest BCUT2D eigenvalue weighted by Gasteiger charge is 2.34. The predicted molar refractivity (Wildman–Crippen MR) is 240 cm³/mol. The number of rotatable bonds is 12. The fourth-order valence-electron chi connectivity index (χ4n) is 9.83. The molecule has 66 heavy (non-hydrogen) atoms. The first kappa shape index (κ1) is 45.5. The Balaban J connectivity index is 0.765. The van der Waals surface area contributed by atoms with E-state index in [1.165, 1.54) is 16.9 Å². The molecule has 1 saturated carbocycles. The van der Waals surface area contributed by atoms with Gasteiger partial charge in [-0.3, -0.25) is 29.1 Å². The maximum atomic E-state index is 15.5. The maximum absolute atomic E-state index is 15.5. The first-order chi connectivity index (χ1) is 32.0. The van der Waals surface area contributed by atoms with Gasteiger partial charge in [-0.15, -0.1) is 0 Å². The summed E-state index contributed by atoms with van der Waals surface area (Å²) in [4.78, 5) is 47.0. The standard InChI is InChI=1S/C45H54F3N11O6Si/c1-55-40-28(5-3-7-31(40)38(53-55)32-12-13-37(60)52-44(32)61)6-4-19-65-35-14-16-56(26-66-42(35)48)22-27-8-10-29(11-9-27)59-24-34(39(54-59)41(46)47)50-45(62)33-21-49-58-17-15-36(51-43(33)58)57-18-20-64-30(23-57)25-63-2/h3,5,7,15,17,21,24,27,29-30,32,35,41-42H,8-14,16,18-20,22-23,25-26,66H2,1-2H3,(H,50,62)(H,52,60,61)/t27-,29-,30-,32?,35-,42+/m1/s1. The summed E-state index contributed by atoms with van der Waals surface area (Å²) < 4.78 is 66.0. The van der Waals surface area contributed by atoms with Crippen LogP contribution >= 0.6 is 0 Å². The van der Waals surface area contributed by atoms with Crippen LogP contribution in [0.1, 0.15) is 90.6 Å². The van der Waals surface area contributed by atoms with Crippen molar-refractivity contribution in [2.75, 3.05) is 69.5 Å². The number of morpholine rings is 1. The lowest BCUT2D eigenvalue weighted by Gasteiger charge is -2.33. The Morgan fingerprint density at radius 3 is 2.76 bits per heavy atom. The first-order valence-electron chi connectivity index (χ1n) is 22.7. The lowest BCUT2D eigenvalue weighted by Crippen LogP contribution is -2.44. The van der Waals surface area contributed by atoms with Gasteiger partial charge >= 0.3 is 0 Å². The Hall–Kier alpha value is -5.66. The Labute approximate surface area is 381 Å². The van der Waals surface area contributed by atoms with Gasteiger partial charge in [0.15, 0.2) is 11.3 Å². The number of anilines is 2. The molecule has 0 radical (unpaired) electrons. The highest BCUT2D eigenvalue weighted by atomic mass is 28.2. The molecule has 2 N–H and O–H groups in total. The van der Waals surface area contributed by atoms with Crippen molar-refractivity contribution in [1.82, 2.24) is 44.4 Å². The average Bonchev–Trinajstić information content (AvgIpc) is 4.00. The maximum Gasteiger partial charge on any atom is 0.284 e. The number of carbonyl (C=O) groups is 3. The summed E-state index contributed by atoms with van der Waals surface area (Å²) in [6.45, 7) is 3.74. The molecular formula is C45H54F3N11O6Si. The number of ether oxygens (including phenoxy) is 3. The molecule has 0 spiro atoms. The van der Waals surface area contributed by atoms with Crippen molar-refractivity contribution in [3.8, 4) is 11.8 Å². The molecule has 3 aliphatic heterocycles. The van der Waals surface area contributed by atoms with Crippen molar-refractivity contribution in [3.05, 3.63) is 65.4 Å². The zero-order chi connectivity index (χ0) is 45.9. The summed E-state index contributed by atoms with van der Waals surface area (Å²) in [5, 5.41) is 19.1. The highest BCUT2D eigenvalue weighted by molar-refractivity contribution is 6.37. The van der Waals surface area contributed by atoms with E-state index in [-0.39, 0.29) is 48.2 Å². The third-order valence-electron chi connectivity index (χ3n) is 13.2. The third-order valence-corrected chi connectivity index (χ3v) is 15.2. The largest absolute Gasteiger partial charge is 0.382 e. The molecule has 3 saturated heterocycles. The minimum atomic E-state index is -2.90. The van der Waals surface area contributed by atoms with E-state index in [2.05, 4.69) is 42.7 Å². The van der Waals surface area contributed by atoms with Crippen molar-refractivity contribution in [3.63, 3.8) is 0 Å². The lowest BCUT2D eigenvalue weighted by molar-refractivity contribution is -0.134. The van der Waals surface area contributed by atoms with Gasteiger partial charge in [0.2, 0.25) is 11.8 Å². The van der Waals surface area contributed by atoms with Gasteiger partial charge < -0.3 is 29.3 Å². The van der Waals surface area contributed by atoms with Gasteiger partial charge in [0.25, 0.3) is 12.3 Å². The molecule has 0 bridgehead atoms. The van der Waals surface area contributed by atoms with Crippen LogP contribution in [0.25, 0.3) is 16.6 Å². The number of aryl methyl sites for hydroxylation is 1. The number of para-hydroxylation sites is 1. The van der Waals surface area contributed by atoms with Gasteiger partial charge in [-0.25, -0.2) is 22.7 Å². The van der Waals surface area contributed by atoms with Gasteiger partial charge in [-0.1, -0.05) is 24.0 Å². The van der Waals surface area contributed by atoms with Crippen molar-refractivity contribution < 1.29 is 41.8 Å². The van der Waals surface area contributed by atoms with Crippen LogP contribution < -0.4 is 15.5 Å². The first-order valence-corrected chi connectivity index (χ1v) is 24.5. The second-order valence-corrected chi connectivity index (χ2v) is 19.4. The number of alkyl halides is 3. The summed E-state index contributed by atoms with van der Waals surface area (Å²) >= 11 is 0. The Morgan fingerprint density at radius 1 is 1.11 bits per heavy atom. The predicted octanol–water partition coefficient (Wildman–Crippen LogP) is 3.67. The molecule has 1 aromatic carbocycles.